The van der Waals surface area contributed by atoms with Gasteiger partial charge in [-0.05, 0) is 58.4 Å². The van der Waals surface area contributed by atoms with Crippen LogP contribution in [0.25, 0.3) is 0 Å². The van der Waals surface area contributed by atoms with E-state index in [9.17, 15) is 9.59 Å². The molecule has 4 rings (SSSR count). The van der Waals surface area contributed by atoms with Crippen LogP contribution < -0.4 is 15.5 Å². The summed E-state index contributed by atoms with van der Waals surface area (Å²) in [6, 6.07) is 3.80. The highest BCUT2D eigenvalue weighted by atomic mass is 35.5. The summed E-state index contributed by atoms with van der Waals surface area (Å²) in [6.07, 6.45) is 5.03. The van der Waals surface area contributed by atoms with Crippen LogP contribution in [0.2, 0.25) is 0 Å². The molecular formula is C21H29ClN4O3. The van der Waals surface area contributed by atoms with E-state index < -0.39 is 5.54 Å². The molecule has 0 spiro atoms. The first-order valence-corrected chi connectivity index (χ1v) is 10.8. The number of rotatable bonds is 4. The van der Waals surface area contributed by atoms with E-state index in [2.05, 4.69) is 15.6 Å². The largest absolute Gasteiger partial charge is 0.447 e. The Morgan fingerprint density at radius 3 is 2.86 bits per heavy atom. The average Bonchev–Trinajstić information content (AvgIpc) is 2.94. The number of cyclic esters (lactones) is 1. The lowest BCUT2D eigenvalue weighted by molar-refractivity contribution is -0.130. The number of pyridine rings is 1. The van der Waals surface area contributed by atoms with Crippen molar-refractivity contribution in [1.82, 2.24) is 10.3 Å². The predicted octanol–water partition coefficient (Wildman–Crippen LogP) is 3.53. The number of piperidine rings is 1. The summed E-state index contributed by atoms with van der Waals surface area (Å²) in [5.41, 5.74) is 0.311. The topological polar surface area (TPSA) is 83.6 Å². The maximum absolute atomic E-state index is 12.7. The Bertz CT molecular complexity index is 802. The van der Waals surface area contributed by atoms with E-state index in [1.807, 2.05) is 26.8 Å². The standard InChI is InChI=1S/C21H29ClN4O3/c1-12(16-9-13-8-14(22)4-5-17(13)25-19(16)27)24-18-10-15(6-7-23-18)26-20(28)29-11-21(26,2)3/h6-7,10,12-14,16-17H,4-5,8-9,11H2,1-3H3,(H,23,24)(H,25,27)/t12-,13?,14?,16?,17?/m0/s1. The minimum absolute atomic E-state index is 0.0899. The van der Waals surface area contributed by atoms with Gasteiger partial charge in [0.25, 0.3) is 0 Å². The molecule has 158 valence electrons. The number of carbonyl (C=O) groups excluding carboxylic acids is 2. The molecule has 1 saturated carbocycles. The second-order valence-electron chi connectivity index (χ2n) is 9.16. The van der Waals surface area contributed by atoms with Gasteiger partial charge in [-0.3, -0.25) is 9.69 Å². The molecule has 0 bridgehead atoms. The third kappa shape index (κ3) is 4.02. The van der Waals surface area contributed by atoms with Crippen LogP contribution in [-0.4, -0.2) is 46.6 Å². The number of aromatic nitrogens is 1. The maximum atomic E-state index is 12.7. The molecule has 1 aliphatic carbocycles. The zero-order chi connectivity index (χ0) is 20.8. The van der Waals surface area contributed by atoms with Gasteiger partial charge in [0.2, 0.25) is 5.91 Å². The van der Waals surface area contributed by atoms with Crippen LogP contribution in [0.4, 0.5) is 16.3 Å². The van der Waals surface area contributed by atoms with E-state index in [-0.39, 0.29) is 35.4 Å². The molecular weight excluding hydrogens is 392 g/mol. The number of halogens is 1. The fraction of sp³-hybridized carbons (Fsp3) is 0.667. The number of amides is 2. The van der Waals surface area contributed by atoms with Gasteiger partial charge in [0.05, 0.1) is 17.1 Å². The van der Waals surface area contributed by atoms with Crippen LogP contribution in [0.3, 0.4) is 0 Å². The second-order valence-corrected chi connectivity index (χ2v) is 9.78. The van der Waals surface area contributed by atoms with Crippen molar-refractivity contribution in [2.45, 2.75) is 69.5 Å². The van der Waals surface area contributed by atoms with Crippen molar-refractivity contribution in [3.63, 3.8) is 0 Å². The van der Waals surface area contributed by atoms with Crippen LogP contribution in [0, 0.1) is 11.8 Å². The van der Waals surface area contributed by atoms with Crippen molar-refractivity contribution >= 4 is 35.1 Å². The highest BCUT2D eigenvalue weighted by molar-refractivity contribution is 6.20. The molecule has 2 saturated heterocycles. The molecule has 0 aromatic carbocycles. The summed E-state index contributed by atoms with van der Waals surface area (Å²) >= 11 is 6.36. The molecule has 7 nitrogen and oxygen atoms in total. The fourth-order valence-electron chi connectivity index (χ4n) is 4.85. The molecule has 29 heavy (non-hydrogen) atoms. The molecule has 1 aromatic heterocycles. The molecule has 0 radical (unpaired) electrons. The lowest BCUT2D eigenvalue weighted by atomic mass is 9.74. The minimum Gasteiger partial charge on any atom is -0.447 e. The van der Waals surface area contributed by atoms with Gasteiger partial charge < -0.3 is 15.4 Å². The zero-order valence-electron chi connectivity index (χ0n) is 17.2. The summed E-state index contributed by atoms with van der Waals surface area (Å²) in [5.74, 6) is 1.02. The maximum Gasteiger partial charge on any atom is 0.414 e. The summed E-state index contributed by atoms with van der Waals surface area (Å²) in [6.45, 7) is 6.28. The molecule has 5 atom stereocenters. The van der Waals surface area contributed by atoms with Gasteiger partial charge >= 0.3 is 6.09 Å². The van der Waals surface area contributed by atoms with Gasteiger partial charge in [-0.2, -0.15) is 0 Å². The molecule has 2 N–H and O–H groups in total. The summed E-state index contributed by atoms with van der Waals surface area (Å²) in [7, 11) is 0. The number of anilines is 2. The smallest absolute Gasteiger partial charge is 0.414 e. The van der Waals surface area contributed by atoms with E-state index in [0.717, 1.165) is 31.4 Å². The molecule has 3 fully saturated rings. The summed E-state index contributed by atoms with van der Waals surface area (Å²) in [5, 5.41) is 6.78. The molecule has 2 aliphatic heterocycles. The third-order valence-corrected chi connectivity index (χ3v) is 6.85. The number of nitrogens with zero attached hydrogens (tertiary/aromatic N) is 2. The molecule has 8 heteroatoms. The van der Waals surface area contributed by atoms with Gasteiger partial charge in [0.1, 0.15) is 12.4 Å². The Morgan fingerprint density at radius 2 is 2.14 bits per heavy atom. The van der Waals surface area contributed by atoms with Crippen molar-refractivity contribution in [2.24, 2.45) is 11.8 Å². The van der Waals surface area contributed by atoms with E-state index in [1.54, 1.807) is 17.2 Å². The summed E-state index contributed by atoms with van der Waals surface area (Å²) < 4.78 is 5.21. The SMILES string of the molecule is C[C@H](Nc1cc(N2C(=O)OCC2(C)C)ccn1)C1CC2CC(Cl)CCC2NC1=O. The van der Waals surface area contributed by atoms with Crippen LogP contribution in [0.5, 0.6) is 0 Å². The van der Waals surface area contributed by atoms with Gasteiger partial charge in [-0.15, -0.1) is 11.6 Å². The highest BCUT2D eigenvalue weighted by Gasteiger charge is 2.42. The Balaban J connectivity index is 1.46. The normalized spacial score (nSPS) is 32.2. The fourth-order valence-corrected chi connectivity index (χ4v) is 5.21. The monoisotopic (exact) mass is 420 g/mol. The first kappa shape index (κ1) is 20.3. The van der Waals surface area contributed by atoms with Gasteiger partial charge in [0.15, 0.2) is 0 Å². The predicted molar refractivity (Wildman–Crippen MR) is 112 cm³/mol. The van der Waals surface area contributed by atoms with E-state index in [1.165, 1.54) is 0 Å². The van der Waals surface area contributed by atoms with Crippen molar-refractivity contribution in [3.05, 3.63) is 18.3 Å². The van der Waals surface area contributed by atoms with E-state index in [0.29, 0.717) is 18.3 Å². The minimum atomic E-state index is -0.418. The van der Waals surface area contributed by atoms with E-state index >= 15 is 0 Å². The number of nitrogens with one attached hydrogen (secondary N) is 2. The highest BCUT2D eigenvalue weighted by Crippen LogP contribution is 2.37. The third-order valence-electron chi connectivity index (χ3n) is 6.46. The molecule has 3 aliphatic rings. The first-order valence-electron chi connectivity index (χ1n) is 10.4. The van der Waals surface area contributed by atoms with Crippen LogP contribution >= 0.6 is 11.6 Å². The van der Waals surface area contributed by atoms with Crippen molar-refractivity contribution in [2.75, 3.05) is 16.8 Å². The number of alkyl halides is 1. The summed E-state index contributed by atoms with van der Waals surface area (Å²) in [4.78, 5) is 30.9. The lowest BCUT2D eigenvalue weighted by Gasteiger charge is -2.42. The Kier molecular flexibility index (Phi) is 5.36. The Labute approximate surface area is 176 Å². The van der Waals surface area contributed by atoms with Crippen LogP contribution in [-0.2, 0) is 9.53 Å². The molecule has 4 unspecified atom stereocenters. The average molecular weight is 421 g/mol. The number of hydrogen-bond acceptors (Lipinski definition) is 5. The number of carbonyl (C=O) groups is 2. The zero-order valence-corrected chi connectivity index (χ0v) is 17.9. The van der Waals surface area contributed by atoms with Crippen LogP contribution in [0.15, 0.2) is 18.3 Å². The van der Waals surface area contributed by atoms with Gasteiger partial charge in [-0.25, -0.2) is 9.78 Å². The molecule has 3 heterocycles. The quantitative estimate of drug-likeness (QED) is 0.728. The van der Waals surface area contributed by atoms with Crippen molar-refractivity contribution in [1.29, 1.82) is 0 Å². The van der Waals surface area contributed by atoms with Crippen LogP contribution in [0.1, 0.15) is 46.5 Å². The second kappa shape index (κ2) is 7.67. The van der Waals surface area contributed by atoms with Crippen molar-refractivity contribution in [3.8, 4) is 0 Å². The Hall–Kier alpha value is -2.02. The number of fused-ring (bicyclic) bond motifs is 1. The van der Waals surface area contributed by atoms with Gasteiger partial charge in [0, 0.05) is 29.7 Å². The number of ether oxygens (including phenoxy) is 1. The van der Waals surface area contributed by atoms with E-state index in [4.69, 9.17) is 16.3 Å². The van der Waals surface area contributed by atoms with Crippen molar-refractivity contribution < 1.29 is 14.3 Å². The first-order chi connectivity index (χ1) is 13.7. The lowest BCUT2D eigenvalue weighted by Crippen LogP contribution is -2.55. The van der Waals surface area contributed by atoms with Gasteiger partial charge in [-0.1, -0.05) is 0 Å². The molecule has 2 amide bonds. The Morgan fingerprint density at radius 1 is 1.34 bits per heavy atom. The molecule has 1 aromatic rings. The number of hydrogen-bond donors (Lipinski definition) is 2.